The summed E-state index contributed by atoms with van der Waals surface area (Å²) in [6.07, 6.45) is 1.79. The third-order valence-corrected chi connectivity index (χ3v) is 8.02. The Morgan fingerprint density at radius 3 is 2.79 bits per heavy atom. The molecule has 5 rings (SSSR count). The number of hydrogen-bond donors (Lipinski definition) is 1. The third-order valence-electron chi connectivity index (χ3n) is 8.02. The molecule has 4 aliphatic rings. The number of carbonyl (C=O) groups excluding carboxylic acids is 1. The van der Waals surface area contributed by atoms with Crippen molar-refractivity contribution in [2.45, 2.75) is 75.5 Å². The van der Waals surface area contributed by atoms with Crippen molar-refractivity contribution in [1.29, 1.82) is 0 Å². The summed E-state index contributed by atoms with van der Waals surface area (Å²) < 4.78 is 50.2. The van der Waals surface area contributed by atoms with Crippen LogP contribution in [0.2, 0.25) is 0 Å². The Morgan fingerprint density at radius 1 is 1.26 bits per heavy atom. The zero-order valence-electron chi connectivity index (χ0n) is 19.6. The molecule has 1 amide bonds. The highest BCUT2D eigenvalue weighted by molar-refractivity contribution is 5.84. The summed E-state index contributed by atoms with van der Waals surface area (Å²) in [5, 5.41) is 3.71. The van der Waals surface area contributed by atoms with E-state index >= 15 is 0 Å². The summed E-state index contributed by atoms with van der Waals surface area (Å²) >= 11 is 0. The lowest BCUT2D eigenvalue weighted by atomic mass is 9.86. The topological polar surface area (TPSA) is 79.8 Å². The van der Waals surface area contributed by atoms with E-state index in [1.165, 1.54) is 6.20 Å². The lowest BCUT2D eigenvalue weighted by molar-refractivity contribution is -0.142. The Morgan fingerprint density at radius 2 is 2.09 bits per heavy atom. The smallest absolute Gasteiger partial charge is 0.379 e. The van der Waals surface area contributed by atoms with Gasteiger partial charge in [0.05, 0.1) is 37.2 Å². The molecular formula is C23H32F3N5O3. The van der Waals surface area contributed by atoms with E-state index in [2.05, 4.69) is 22.2 Å². The molecule has 3 saturated heterocycles. The Balaban J connectivity index is 1.20. The largest absolute Gasteiger partial charge is 0.434 e. The number of hydrogen-bond acceptors (Lipinski definition) is 7. The first-order valence-electron chi connectivity index (χ1n) is 12.0. The second-order valence-electron chi connectivity index (χ2n) is 10.3. The van der Waals surface area contributed by atoms with Gasteiger partial charge in [0.15, 0.2) is 5.69 Å². The normalized spacial score (nSPS) is 35.9. The molecule has 1 aromatic rings. The first kappa shape index (κ1) is 23.7. The summed E-state index contributed by atoms with van der Waals surface area (Å²) in [4.78, 5) is 25.0. The molecule has 1 saturated carbocycles. The van der Waals surface area contributed by atoms with Crippen molar-refractivity contribution in [2.75, 3.05) is 38.3 Å². The Hall–Kier alpha value is -1.98. The Kier molecular flexibility index (Phi) is 6.22. The van der Waals surface area contributed by atoms with Crippen LogP contribution in [0.4, 0.5) is 19.0 Å². The molecule has 6 atom stereocenters. The summed E-state index contributed by atoms with van der Waals surface area (Å²) in [5.74, 6) is 0.393. The SMILES string of the molecule is CO[C@@H]1COCC[C@@H]1N[C@@H]1CC[C@](C)(C(=O)N2C[C@@H]3C[C@H]2CN3c2cncc(C(F)(F)F)n2)C1. The van der Waals surface area contributed by atoms with Gasteiger partial charge in [-0.05, 0) is 32.1 Å². The van der Waals surface area contributed by atoms with E-state index in [4.69, 9.17) is 9.47 Å². The molecule has 1 aliphatic carbocycles. The molecule has 11 heteroatoms. The van der Waals surface area contributed by atoms with Crippen LogP contribution in [0.5, 0.6) is 0 Å². The van der Waals surface area contributed by atoms with Gasteiger partial charge in [-0.15, -0.1) is 0 Å². The Bertz CT molecular complexity index is 918. The molecule has 4 fully saturated rings. The predicted molar refractivity (Wildman–Crippen MR) is 117 cm³/mol. The van der Waals surface area contributed by atoms with Gasteiger partial charge in [0.2, 0.25) is 5.91 Å². The van der Waals surface area contributed by atoms with Crippen LogP contribution in [0.15, 0.2) is 12.4 Å². The summed E-state index contributed by atoms with van der Waals surface area (Å²) in [6.45, 7) is 4.35. The van der Waals surface area contributed by atoms with Gasteiger partial charge >= 0.3 is 6.18 Å². The molecule has 4 heterocycles. The lowest BCUT2D eigenvalue weighted by Gasteiger charge is -2.39. The van der Waals surface area contributed by atoms with E-state index in [1.54, 1.807) is 7.11 Å². The number of fused-ring (bicyclic) bond motifs is 2. The minimum Gasteiger partial charge on any atom is -0.379 e. The van der Waals surface area contributed by atoms with Gasteiger partial charge in [0.1, 0.15) is 5.82 Å². The number of halogens is 3. The minimum absolute atomic E-state index is 0.00829. The van der Waals surface area contributed by atoms with E-state index in [0.717, 1.165) is 38.3 Å². The molecule has 188 valence electrons. The summed E-state index contributed by atoms with van der Waals surface area (Å²) in [5.41, 5.74) is -1.42. The van der Waals surface area contributed by atoms with E-state index in [1.807, 2.05) is 9.80 Å². The molecule has 3 aliphatic heterocycles. The molecule has 0 radical (unpaired) electrons. The summed E-state index contributed by atoms with van der Waals surface area (Å²) in [6, 6.07) is 0.443. The number of carbonyl (C=O) groups is 1. The van der Waals surface area contributed by atoms with Crippen molar-refractivity contribution in [3.63, 3.8) is 0 Å². The second-order valence-corrected chi connectivity index (χ2v) is 10.3. The number of amides is 1. The number of methoxy groups -OCH3 is 1. The molecule has 8 nitrogen and oxygen atoms in total. The maximum atomic E-state index is 13.6. The van der Waals surface area contributed by atoms with Crippen molar-refractivity contribution >= 4 is 11.7 Å². The van der Waals surface area contributed by atoms with E-state index in [0.29, 0.717) is 26.3 Å². The molecule has 0 aromatic carbocycles. The maximum absolute atomic E-state index is 13.6. The highest BCUT2D eigenvalue weighted by Crippen LogP contribution is 2.43. The standard InChI is InChI=1S/C23H32F3N5O3/c1-22(5-3-14(8-22)28-17-4-6-34-13-18(17)33-2)21(32)31-12-15-7-16(31)11-30(15)20-10-27-9-19(29-20)23(24,25)26/h9-10,14-18,28H,3-8,11-13H2,1-2H3/t14-,15+,16+,17+,18-,22+/m1/s1. The van der Waals surface area contributed by atoms with Crippen molar-refractivity contribution in [2.24, 2.45) is 5.41 Å². The van der Waals surface area contributed by atoms with Crippen LogP contribution in [0, 0.1) is 5.41 Å². The lowest BCUT2D eigenvalue weighted by Crippen LogP contribution is -2.53. The van der Waals surface area contributed by atoms with Crippen molar-refractivity contribution in [1.82, 2.24) is 20.2 Å². The molecule has 34 heavy (non-hydrogen) atoms. The van der Waals surface area contributed by atoms with Gasteiger partial charge in [-0.1, -0.05) is 6.92 Å². The van der Waals surface area contributed by atoms with Crippen LogP contribution in [-0.4, -0.2) is 84.5 Å². The number of nitrogens with one attached hydrogen (secondary N) is 1. The minimum atomic E-state index is -4.53. The average Bonchev–Trinajstić information content (AvgIpc) is 3.53. The van der Waals surface area contributed by atoms with E-state index < -0.39 is 17.3 Å². The van der Waals surface area contributed by atoms with Crippen LogP contribution >= 0.6 is 0 Å². The van der Waals surface area contributed by atoms with E-state index in [9.17, 15) is 18.0 Å². The molecule has 2 bridgehead atoms. The first-order valence-corrected chi connectivity index (χ1v) is 12.0. The van der Waals surface area contributed by atoms with Crippen LogP contribution < -0.4 is 10.2 Å². The third kappa shape index (κ3) is 4.37. The number of piperazine rings is 1. The number of alkyl halides is 3. The molecule has 1 aromatic heterocycles. The van der Waals surface area contributed by atoms with Crippen LogP contribution in [0.1, 0.15) is 44.7 Å². The van der Waals surface area contributed by atoms with Gasteiger partial charge in [0.25, 0.3) is 0 Å². The van der Waals surface area contributed by atoms with E-state index in [-0.39, 0.29) is 42.0 Å². The zero-order chi connectivity index (χ0) is 24.1. The quantitative estimate of drug-likeness (QED) is 0.688. The van der Waals surface area contributed by atoms with Gasteiger partial charge in [-0.25, -0.2) is 4.98 Å². The number of nitrogens with zero attached hydrogens (tertiary/aromatic N) is 4. The van der Waals surface area contributed by atoms with Crippen LogP contribution in [0.25, 0.3) is 0 Å². The number of rotatable bonds is 5. The first-order chi connectivity index (χ1) is 16.2. The van der Waals surface area contributed by atoms with Gasteiger partial charge in [-0.3, -0.25) is 9.78 Å². The second kappa shape index (κ2) is 8.91. The molecule has 0 spiro atoms. The van der Waals surface area contributed by atoms with Gasteiger partial charge in [-0.2, -0.15) is 13.2 Å². The van der Waals surface area contributed by atoms with Gasteiger partial charge in [0, 0.05) is 44.3 Å². The Labute approximate surface area is 197 Å². The van der Waals surface area contributed by atoms with Crippen LogP contribution in [0.3, 0.4) is 0 Å². The summed E-state index contributed by atoms with van der Waals surface area (Å²) in [7, 11) is 1.70. The fourth-order valence-electron chi connectivity index (χ4n) is 6.19. The molecule has 0 unspecified atom stereocenters. The number of ether oxygens (including phenoxy) is 2. The van der Waals surface area contributed by atoms with Crippen molar-refractivity contribution in [3.8, 4) is 0 Å². The van der Waals surface area contributed by atoms with Crippen molar-refractivity contribution in [3.05, 3.63) is 18.1 Å². The maximum Gasteiger partial charge on any atom is 0.434 e. The average molecular weight is 484 g/mol. The predicted octanol–water partition coefficient (Wildman–Crippen LogP) is 2.24. The van der Waals surface area contributed by atoms with Crippen LogP contribution in [-0.2, 0) is 20.4 Å². The highest BCUT2D eigenvalue weighted by Gasteiger charge is 2.52. The number of anilines is 1. The van der Waals surface area contributed by atoms with Crippen molar-refractivity contribution < 1.29 is 27.4 Å². The number of aromatic nitrogens is 2. The molecular weight excluding hydrogens is 451 g/mol. The monoisotopic (exact) mass is 483 g/mol. The van der Waals surface area contributed by atoms with Gasteiger partial charge < -0.3 is 24.6 Å². The fourth-order valence-corrected chi connectivity index (χ4v) is 6.19. The molecule has 1 N–H and O–H groups in total. The number of likely N-dealkylation sites (tertiary alicyclic amines) is 1. The highest BCUT2D eigenvalue weighted by atomic mass is 19.4. The fraction of sp³-hybridized carbons (Fsp3) is 0.783. The zero-order valence-corrected chi connectivity index (χ0v) is 19.6.